The molecule has 0 saturated carbocycles. The first kappa shape index (κ1) is 12.4. The quantitative estimate of drug-likeness (QED) is 0.841. The second-order valence-electron chi connectivity index (χ2n) is 3.49. The van der Waals surface area contributed by atoms with Gasteiger partial charge in [-0.25, -0.2) is 0 Å². The lowest BCUT2D eigenvalue weighted by Gasteiger charge is -2.10. The first-order valence-corrected chi connectivity index (χ1v) is 6.69. The number of hydrogen-bond donors (Lipinski definition) is 2. The molecule has 88 valence electrons. The van der Waals surface area contributed by atoms with E-state index in [-0.39, 0.29) is 0 Å². The first-order chi connectivity index (χ1) is 8.16. The van der Waals surface area contributed by atoms with Gasteiger partial charge < -0.3 is 11.1 Å². The Morgan fingerprint density at radius 1 is 1.41 bits per heavy atom. The van der Waals surface area contributed by atoms with Gasteiger partial charge in [0.05, 0.1) is 0 Å². The van der Waals surface area contributed by atoms with Crippen molar-refractivity contribution in [1.82, 2.24) is 0 Å². The van der Waals surface area contributed by atoms with Crippen molar-refractivity contribution in [3.63, 3.8) is 0 Å². The van der Waals surface area contributed by atoms with E-state index in [0.717, 1.165) is 17.8 Å². The van der Waals surface area contributed by atoms with Crippen molar-refractivity contribution in [2.45, 2.75) is 6.54 Å². The second-order valence-corrected chi connectivity index (χ2v) is 5.40. The summed E-state index contributed by atoms with van der Waals surface area (Å²) in [7, 11) is 0. The molecule has 2 aromatic rings. The highest BCUT2D eigenvalue weighted by Gasteiger charge is 2.06. The maximum absolute atomic E-state index is 5.92. The van der Waals surface area contributed by atoms with E-state index < -0.39 is 0 Å². The Morgan fingerprint density at radius 2 is 2.24 bits per heavy atom. The highest BCUT2D eigenvalue weighted by atomic mass is 35.5. The number of thiophene rings is 1. The van der Waals surface area contributed by atoms with Gasteiger partial charge in [0.2, 0.25) is 0 Å². The molecule has 0 fully saturated rings. The first-order valence-electron chi connectivity index (χ1n) is 5.02. The standard InChI is InChI=1S/C12H11ClN2S2/c13-8-3-4-11(10(6-8)12(14)16)15-7-9-2-1-5-17-9/h1-6,15H,7H2,(H2,14,16). The largest absolute Gasteiger partial charge is 0.389 e. The van der Waals surface area contributed by atoms with Gasteiger partial charge in [0.25, 0.3) is 0 Å². The molecule has 0 radical (unpaired) electrons. The predicted molar refractivity (Wildman–Crippen MR) is 79.0 cm³/mol. The van der Waals surface area contributed by atoms with Crippen LogP contribution in [-0.4, -0.2) is 4.99 Å². The third-order valence-electron chi connectivity index (χ3n) is 2.28. The molecule has 2 nitrogen and oxygen atoms in total. The summed E-state index contributed by atoms with van der Waals surface area (Å²) in [4.78, 5) is 1.61. The van der Waals surface area contributed by atoms with E-state index in [9.17, 15) is 0 Å². The van der Waals surface area contributed by atoms with Crippen molar-refractivity contribution in [2.24, 2.45) is 5.73 Å². The lowest BCUT2D eigenvalue weighted by Crippen LogP contribution is -2.13. The normalized spacial score (nSPS) is 10.2. The summed E-state index contributed by atoms with van der Waals surface area (Å²) in [5, 5.41) is 5.99. The Balaban J connectivity index is 2.17. The molecule has 0 saturated heterocycles. The van der Waals surface area contributed by atoms with Gasteiger partial charge in [-0.2, -0.15) is 0 Å². The van der Waals surface area contributed by atoms with E-state index in [1.54, 1.807) is 17.4 Å². The Morgan fingerprint density at radius 3 is 2.88 bits per heavy atom. The molecule has 1 aromatic carbocycles. The fourth-order valence-corrected chi connectivity index (χ4v) is 2.46. The van der Waals surface area contributed by atoms with Gasteiger partial charge in [-0.1, -0.05) is 29.9 Å². The number of hydrogen-bond acceptors (Lipinski definition) is 3. The Kier molecular flexibility index (Phi) is 3.99. The number of nitrogens with one attached hydrogen (secondary N) is 1. The third kappa shape index (κ3) is 3.19. The van der Waals surface area contributed by atoms with Crippen LogP contribution in [-0.2, 0) is 6.54 Å². The third-order valence-corrected chi connectivity index (χ3v) is 3.61. The van der Waals surface area contributed by atoms with Crippen LogP contribution in [0.15, 0.2) is 35.7 Å². The number of thiocarbonyl (C=S) groups is 1. The molecular formula is C12H11ClN2S2. The van der Waals surface area contributed by atoms with Crippen LogP contribution in [0.25, 0.3) is 0 Å². The minimum atomic E-state index is 0.348. The Bertz CT molecular complexity index is 523. The molecule has 5 heteroatoms. The van der Waals surface area contributed by atoms with E-state index in [0.29, 0.717) is 10.0 Å². The topological polar surface area (TPSA) is 38.0 Å². The average Bonchev–Trinajstić information content (AvgIpc) is 2.80. The van der Waals surface area contributed by atoms with Gasteiger partial charge in [-0.3, -0.25) is 0 Å². The molecule has 3 N–H and O–H groups in total. The lowest BCUT2D eigenvalue weighted by atomic mass is 10.1. The van der Waals surface area contributed by atoms with Crippen LogP contribution < -0.4 is 11.1 Å². The number of anilines is 1. The summed E-state index contributed by atoms with van der Waals surface area (Å²) >= 11 is 12.6. The van der Waals surface area contributed by atoms with E-state index in [1.165, 1.54) is 4.88 Å². The molecule has 0 unspecified atom stereocenters. The van der Waals surface area contributed by atoms with Gasteiger partial charge in [0.1, 0.15) is 4.99 Å². The van der Waals surface area contributed by atoms with Crippen LogP contribution in [0.2, 0.25) is 5.02 Å². The SMILES string of the molecule is NC(=S)c1cc(Cl)ccc1NCc1cccs1. The minimum Gasteiger partial charge on any atom is -0.389 e. The van der Waals surface area contributed by atoms with Gasteiger partial charge >= 0.3 is 0 Å². The van der Waals surface area contributed by atoms with Crippen molar-refractivity contribution in [3.05, 3.63) is 51.2 Å². The van der Waals surface area contributed by atoms with Crippen LogP contribution in [0.3, 0.4) is 0 Å². The van der Waals surface area contributed by atoms with Crippen LogP contribution >= 0.6 is 35.2 Å². The Hall–Kier alpha value is -1.10. The van der Waals surface area contributed by atoms with E-state index in [4.69, 9.17) is 29.6 Å². The van der Waals surface area contributed by atoms with Crippen LogP contribution in [0, 0.1) is 0 Å². The van der Waals surface area contributed by atoms with Gasteiger partial charge in [-0.15, -0.1) is 11.3 Å². The molecule has 0 aliphatic rings. The van der Waals surface area contributed by atoms with Gasteiger partial charge in [0.15, 0.2) is 0 Å². The molecule has 0 spiro atoms. The van der Waals surface area contributed by atoms with E-state index in [1.807, 2.05) is 23.6 Å². The second kappa shape index (κ2) is 5.49. The molecule has 0 aliphatic carbocycles. The summed E-state index contributed by atoms with van der Waals surface area (Å²) < 4.78 is 0. The summed E-state index contributed by atoms with van der Waals surface area (Å²) in [6, 6.07) is 9.59. The van der Waals surface area contributed by atoms with Crippen molar-refractivity contribution in [1.29, 1.82) is 0 Å². The summed E-state index contributed by atoms with van der Waals surface area (Å²) in [5.74, 6) is 0. The zero-order valence-corrected chi connectivity index (χ0v) is 11.3. The molecule has 0 aliphatic heterocycles. The highest BCUT2D eigenvalue weighted by molar-refractivity contribution is 7.80. The molecule has 1 aromatic heterocycles. The van der Waals surface area contributed by atoms with Crippen LogP contribution in [0.5, 0.6) is 0 Å². The minimum absolute atomic E-state index is 0.348. The maximum Gasteiger partial charge on any atom is 0.106 e. The number of halogens is 1. The number of benzene rings is 1. The lowest BCUT2D eigenvalue weighted by molar-refractivity contribution is 1.19. The molecule has 0 amide bonds. The molecule has 2 rings (SSSR count). The smallest absolute Gasteiger partial charge is 0.106 e. The Labute approximate surface area is 114 Å². The number of rotatable bonds is 4. The molecule has 1 heterocycles. The zero-order chi connectivity index (χ0) is 12.3. The van der Waals surface area contributed by atoms with Crippen molar-refractivity contribution < 1.29 is 0 Å². The molecule has 0 bridgehead atoms. The van der Waals surface area contributed by atoms with Gasteiger partial charge in [0, 0.05) is 27.7 Å². The van der Waals surface area contributed by atoms with Crippen LogP contribution in [0.4, 0.5) is 5.69 Å². The van der Waals surface area contributed by atoms with Crippen molar-refractivity contribution in [3.8, 4) is 0 Å². The fraction of sp³-hybridized carbons (Fsp3) is 0.0833. The summed E-state index contributed by atoms with van der Waals surface area (Å²) in [6.45, 7) is 0.759. The van der Waals surface area contributed by atoms with Crippen molar-refractivity contribution in [2.75, 3.05) is 5.32 Å². The summed E-state index contributed by atoms with van der Waals surface area (Å²) in [6.07, 6.45) is 0. The molecule has 17 heavy (non-hydrogen) atoms. The molecule has 0 atom stereocenters. The van der Waals surface area contributed by atoms with E-state index >= 15 is 0 Å². The average molecular weight is 283 g/mol. The van der Waals surface area contributed by atoms with Crippen LogP contribution in [0.1, 0.15) is 10.4 Å². The van der Waals surface area contributed by atoms with Gasteiger partial charge in [-0.05, 0) is 29.6 Å². The maximum atomic E-state index is 5.92. The summed E-state index contributed by atoms with van der Waals surface area (Å²) in [5.41, 5.74) is 7.36. The van der Waals surface area contributed by atoms with E-state index in [2.05, 4.69) is 11.4 Å². The van der Waals surface area contributed by atoms with Crippen molar-refractivity contribution >= 4 is 45.8 Å². The monoisotopic (exact) mass is 282 g/mol. The zero-order valence-electron chi connectivity index (χ0n) is 8.94. The highest BCUT2D eigenvalue weighted by Crippen LogP contribution is 2.22. The molecular weight excluding hydrogens is 272 g/mol. The fourth-order valence-electron chi connectivity index (χ4n) is 1.47. The predicted octanol–water partition coefficient (Wildman–Crippen LogP) is 3.65. The number of nitrogens with two attached hydrogens (primary N) is 1.